The Morgan fingerprint density at radius 2 is 1.67 bits per heavy atom. The molecule has 1 fully saturated rings. The molecule has 2 rings (SSSR count). The summed E-state index contributed by atoms with van der Waals surface area (Å²) in [5.74, 6) is -0.180. The smallest absolute Gasteiger partial charge is 0.123 e. The summed E-state index contributed by atoms with van der Waals surface area (Å²) in [4.78, 5) is 4.65. The fraction of sp³-hybridized carbons (Fsp3) is 0.571. The van der Waals surface area contributed by atoms with Gasteiger partial charge in [0.2, 0.25) is 0 Å². The molecule has 3 nitrogen and oxygen atoms in total. The lowest BCUT2D eigenvalue weighted by Crippen LogP contribution is -2.47. The van der Waals surface area contributed by atoms with E-state index < -0.39 is 0 Å². The molecule has 1 aliphatic heterocycles. The Labute approximate surface area is 108 Å². The molecule has 0 amide bonds. The van der Waals surface area contributed by atoms with E-state index in [1.165, 1.54) is 12.1 Å². The van der Waals surface area contributed by atoms with Crippen LogP contribution >= 0.6 is 0 Å². The minimum atomic E-state index is -0.256. The van der Waals surface area contributed by atoms with Gasteiger partial charge >= 0.3 is 0 Å². The predicted molar refractivity (Wildman–Crippen MR) is 69.8 cm³/mol. The highest BCUT2D eigenvalue weighted by molar-refractivity contribution is 5.15. The van der Waals surface area contributed by atoms with Crippen molar-refractivity contribution < 1.29 is 9.50 Å². The van der Waals surface area contributed by atoms with Gasteiger partial charge in [0.1, 0.15) is 5.82 Å². The summed E-state index contributed by atoms with van der Waals surface area (Å²) in [5.41, 5.74) is 1.15. The van der Waals surface area contributed by atoms with E-state index >= 15 is 0 Å². The summed E-state index contributed by atoms with van der Waals surface area (Å²) in [5, 5.41) is 9.34. The lowest BCUT2D eigenvalue weighted by atomic mass is 10.2. The topological polar surface area (TPSA) is 26.7 Å². The summed E-state index contributed by atoms with van der Waals surface area (Å²) in [6.45, 7) is 7.45. The molecule has 1 aromatic carbocycles. The van der Waals surface area contributed by atoms with Crippen molar-refractivity contribution in [3.05, 3.63) is 35.6 Å². The average Bonchev–Trinajstić information content (AvgIpc) is 2.34. The third-order valence-corrected chi connectivity index (χ3v) is 3.31. The largest absolute Gasteiger partial charge is 0.392 e. The highest BCUT2D eigenvalue weighted by atomic mass is 19.1. The van der Waals surface area contributed by atoms with Gasteiger partial charge in [0.15, 0.2) is 0 Å². The second-order valence-corrected chi connectivity index (χ2v) is 5.05. The van der Waals surface area contributed by atoms with Crippen LogP contribution in [0.4, 0.5) is 4.39 Å². The number of benzene rings is 1. The molecular formula is C14H21FN2O. The van der Waals surface area contributed by atoms with Crippen LogP contribution in [-0.2, 0) is 6.54 Å². The lowest BCUT2D eigenvalue weighted by molar-refractivity contribution is 0.0781. The molecule has 1 unspecified atom stereocenters. The zero-order valence-electron chi connectivity index (χ0n) is 10.8. The predicted octanol–water partition coefficient (Wildman–Crippen LogP) is 1.32. The highest BCUT2D eigenvalue weighted by Gasteiger charge is 2.17. The molecule has 1 aromatic rings. The van der Waals surface area contributed by atoms with Gasteiger partial charge in [0.25, 0.3) is 0 Å². The highest BCUT2D eigenvalue weighted by Crippen LogP contribution is 2.09. The molecule has 1 aliphatic rings. The van der Waals surface area contributed by atoms with Gasteiger partial charge in [-0.15, -0.1) is 0 Å². The first-order valence-corrected chi connectivity index (χ1v) is 6.51. The Morgan fingerprint density at radius 1 is 1.11 bits per heavy atom. The Hall–Kier alpha value is -0.970. The third-order valence-electron chi connectivity index (χ3n) is 3.31. The zero-order valence-corrected chi connectivity index (χ0v) is 10.8. The van der Waals surface area contributed by atoms with Crippen LogP contribution in [0.5, 0.6) is 0 Å². The van der Waals surface area contributed by atoms with Crippen molar-refractivity contribution in [2.24, 2.45) is 0 Å². The molecule has 0 saturated carbocycles. The maximum absolute atomic E-state index is 12.8. The van der Waals surface area contributed by atoms with Crippen LogP contribution in [0.25, 0.3) is 0 Å². The van der Waals surface area contributed by atoms with E-state index in [-0.39, 0.29) is 11.9 Å². The fourth-order valence-electron chi connectivity index (χ4n) is 2.35. The molecule has 18 heavy (non-hydrogen) atoms. The maximum Gasteiger partial charge on any atom is 0.123 e. The number of nitrogens with zero attached hydrogens (tertiary/aromatic N) is 2. The minimum absolute atomic E-state index is 0.180. The van der Waals surface area contributed by atoms with Gasteiger partial charge in [-0.2, -0.15) is 0 Å². The molecule has 0 aromatic heterocycles. The first-order valence-electron chi connectivity index (χ1n) is 6.51. The van der Waals surface area contributed by atoms with E-state index in [1.54, 1.807) is 0 Å². The van der Waals surface area contributed by atoms with Crippen LogP contribution in [0.3, 0.4) is 0 Å². The number of rotatable bonds is 4. The van der Waals surface area contributed by atoms with E-state index in [1.807, 2.05) is 19.1 Å². The van der Waals surface area contributed by atoms with Gasteiger partial charge in [0.05, 0.1) is 6.10 Å². The normalized spacial score (nSPS) is 19.9. The number of aliphatic hydroxyl groups excluding tert-OH is 1. The van der Waals surface area contributed by atoms with Crippen molar-refractivity contribution in [1.82, 2.24) is 9.80 Å². The second-order valence-electron chi connectivity index (χ2n) is 5.05. The van der Waals surface area contributed by atoms with E-state index in [4.69, 9.17) is 0 Å². The van der Waals surface area contributed by atoms with E-state index in [2.05, 4.69) is 9.80 Å². The first kappa shape index (κ1) is 13.5. The van der Waals surface area contributed by atoms with Gasteiger partial charge in [-0.05, 0) is 24.6 Å². The average molecular weight is 252 g/mol. The van der Waals surface area contributed by atoms with Crippen molar-refractivity contribution in [2.45, 2.75) is 19.6 Å². The standard InChI is InChI=1S/C14H21FN2O/c1-12(18)10-16-6-8-17(9-7-16)11-13-2-4-14(15)5-3-13/h2-5,12,18H,6-11H2,1H3. The van der Waals surface area contributed by atoms with Crippen molar-refractivity contribution >= 4 is 0 Å². The molecule has 1 saturated heterocycles. The van der Waals surface area contributed by atoms with Gasteiger partial charge in [0, 0.05) is 39.3 Å². The number of hydrogen-bond acceptors (Lipinski definition) is 3. The SMILES string of the molecule is CC(O)CN1CCN(Cc2ccc(F)cc2)CC1. The molecule has 1 atom stereocenters. The third kappa shape index (κ3) is 4.05. The fourth-order valence-corrected chi connectivity index (χ4v) is 2.35. The molecule has 0 spiro atoms. The number of halogens is 1. The van der Waals surface area contributed by atoms with Crippen LogP contribution in [0.2, 0.25) is 0 Å². The molecule has 0 radical (unpaired) electrons. The number of piperazine rings is 1. The summed E-state index contributed by atoms with van der Waals surface area (Å²) < 4.78 is 12.8. The van der Waals surface area contributed by atoms with Crippen LogP contribution in [-0.4, -0.2) is 53.7 Å². The summed E-state index contributed by atoms with van der Waals surface area (Å²) in [6.07, 6.45) is -0.256. The monoisotopic (exact) mass is 252 g/mol. The molecule has 0 aliphatic carbocycles. The number of hydrogen-bond donors (Lipinski definition) is 1. The van der Waals surface area contributed by atoms with Gasteiger partial charge < -0.3 is 5.11 Å². The zero-order chi connectivity index (χ0) is 13.0. The summed E-state index contributed by atoms with van der Waals surface area (Å²) in [6, 6.07) is 6.72. The molecule has 4 heteroatoms. The molecule has 1 heterocycles. The van der Waals surface area contributed by atoms with E-state index in [0.29, 0.717) is 0 Å². The number of β-amino-alcohol motifs (C(OH)–C–C–N with tert-alkyl or cyclic N) is 1. The van der Waals surface area contributed by atoms with Gasteiger partial charge in [-0.1, -0.05) is 12.1 Å². The van der Waals surface area contributed by atoms with Crippen molar-refractivity contribution in [2.75, 3.05) is 32.7 Å². The van der Waals surface area contributed by atoms with Gasteiger partial charge in [-0.3, -0.25) is 9.80 Å². The molecule has 1 N–H and O–H groups in total. The Morgan fingerprint density at radius 3 is 2.22 bits per heavy atom. The van der Waals surface area contributed by atoms with Crippen LogP contribution in [0.1, 0.15) is 12.5 Å². The Bertz CT molecular complexity index is 359. The van der Waals surface area contributed by atoms with Crippen molar-refractivity contribution in [3.63, 3.8) is 0 Å². The number of aliphatic hydroxyl groups is 1. The quantitative estimate of drug-likeness (QED) is 0.875. The molecule has 0 bridgehead atoms. The summed E-state index contributed by atoms with van der Waals surface area (Å²) in [7, 11) is 0. The van der Waals surface area contributed by atoms with Crippen LogP contribution in [0.15, 0.2) is 24.3 Å². The van der Waals surface area contributed by atoms with Crippen LogP contribution in [0, 0.1) is 5.82 Å². The van der Waals surface area contributed by atoms with Gasteiger partial charge in [-0.25, -0.2) is 4.39 Å². The van der Waals surface area contributed by atoms with E-state index in [9.17, 15) is 9.50 Å². The summed E-state index contributed by atoms with van der Waals surface area (Å²) >= 11 is 0. The lowest BCUT2D eigenvalue weighted by Gasteiger charge is -2.35. The van der Waals surface area contributed by atoms with Crippen molar-refractivity contribution in [1.29, 1.82) is 0 Å². The Kier molecular flexibility index (Phi) is 4.69. The molecular weight excluding hydrogens is 231 g/mol. The van der Waals surface area contributed by atoms with Crippen LogP contribution < -0.4 is 0 Å². The minimum Gasteiger partial charge on any atom is -0.392 e. The maximum atomic E-state index is 12.8. The molecule has 100 valence electrons. The second kappa shape index (κ2) is 6.27. The van der Waals surface area contributed by atoms with Crippen molar-refractivity contribution in [3.8, 4) is 0 Å². The first-order chi connectivity index (χ1) is 8.63. The van der Waals surface area contributed by atoms with E-state index in [0.717, 1.165) is 44.8 Å². The Balaban J connectivity index is 1.78.